The highest BCUT2D eigenvalue weighted by atomic mass is 32.2. The number of carboxylic acids is 1. The average molecular weight is 465 g/mol. The fourth-order valence-electron chi connectivity index (χ4n) is 6.73. The fraction of sp³-hybridized carbons (Fsp3) is 0.652. The van der Waals surface area contributed by atoms with Crippen molar-refractivity contribution < 1.29 is 27.5 Å². The standard InChI is InChI=1S/C23H29FN2O5S/c1-13-3-4-17(9-18(13)24)32(30,31)26(2)23(5-6-23)20(27)25-19-15-7-14-8-16(19)12-22(10-14,11-15)21(28)29/h3-4,9,14-16,19H,5-8,10-12H2,1-2H3,(H,25,27)(H,28,29). The zero-order valence-corrected chi connectivity index (χ0v) is 19.1. The number of benzene rings is 1. The summed E-state index contributed by atoms with van der Waals surface area (Å²) in [5.41, 5.74) is -1.48. The van der Waals surface area contributed by atoms with Crippen LogP contribution in [0.3, 0.4) is 0 Å². The molecule has 5 aliphatic rings. The van der Waals surface area contributed by atoms with Crippen LogP contribution in [0.15, 0.2) is 23.1 Å². The minimum absolute atomic E-state index is 0.114. The zero-order valence-electron chi connectivity index (χ0n) is 18.3. The van der Waals surface area contributed by atoms with E-state index in [2.05, 4.69) is 5.32 Å². The molecular formula is C23H29FN2O5S. The quantitative estimate of drug-likeness (QED) is 0.674. The third-order valence-corrected chi connectivity index (χ3v) is 10.5. The molecule has 5 saturated carbocycles. The SMILES string of the molecule is Cc1ccc(S(=O)(=O)N(C)C2(C(=O)NC3C4CC5CC3CC(C(=O)O)(C5)C4)CC2)cc1F. The number of aryl methyl sites for hydroxylation is 1. The maximum absolute atomic E-state index is 14.0. The van der Waals surface area contributed by atoms with Crippen molar-refractivity contribution in [2.75, 3.05) is 7.05 Å². The van der Waals surface area contributed by atoms with E-state index in [1.165, 1.54) is 19.2 Å². The Hall–Kier alpha value is -2.00. The molecule has 1 amide bonds. The van der Waals surface area contributed by atoms with E-state index >= 15 is 0 Å². The summed E-state index contributed by atoms with van der Waals surface area (Å²) in [5, 5.41) is 12.9. The Bertz CT molecular complexity index is 1080. The third-order valence-electron chi connectivity index (χ3n) is 8.58. The number of sulfonamides is 1. The number of carboxylic acid groups (broad SMARTS) is 1. The molecule has 4 bridgehead atoms. The molecule has 0 saturated heterocycles. The van der Waals surface area contributed by atoms with E-state index in [-0.39, 0.29) is 28.7 Å². The summed E-state index contributed by atoms with van der Waals surface area (Å²) in [7, 11) is -2.66. The van der Waals surface area contributed by atoms with Crippen LogP contribution >= 0.6 is 0 Å². The van der Waals surface area contributed by atoms with Gasteiger partial charge in [-0.15, -0.1) is 0 Å². The number of aliphatic carboxylic acids is 1. The zero-order chi connectivity index (χ0) is 23.1. The molecule has 7 nitrogen and oxygen atoms in total. The highest BCUT2D eigenvalue weighted by Gasteiger charge is 2.62. The van der Waals surface area contributed by atoms with Gasteiger partial charge in [0.1, 0.15) is 11.4 Å². The van der Waals surface area contributed by atoms with Crippen LogP contribution in [0.2, 0.25) is 0 Å². The van der Waals surface area contributed by atoms with Crippen molar-refractivity contribution in [2.24, 2.45) is 23.2 Å². The topological polar surface area (TPSA) is 104 Å². The molecule has 0 radical (unpaired) electrons. The molecule has 9 heteroatoms. The van der Waals surface area contributed by atoms with Crippen LogP contribution in [0, 0.1) is 35.9 Å². The minimum Gasteiger partial charge on any atom is -0.481 e. The summed E-state index contributed by atoms with van der Waals surface area (Å²) in [4.78, 5) is 25.1. The molecule has 0 spiro atoms. The Morgan fingerprint density at radius 2 is 1.78 bits per heavy atom. The van der Waals surface area contributed by atoms with Crippen LogP contribution in [0.25, 0.3) is 0 Å². The van der Waals surface area contributed by atoms with Crippen molar-refractivity contribution in [3.8, 4) is 0 Å². The second kappa shape index (κ2) is 7.00. The van der Waals surface area contributed by atoms with E-state index in [0.717, 1.165) is 29.6 Å². The Balaban J connectivity index is 1.35. The Labute approximate surface area is 187 Å². The van der Waals surface area contributed by atoms with Crippen molar-refractivity contribution in [2.45, 2.75) is 68.3 Å². The molecule has 1 aromatic carbocycles. The van der Waals surface area contributed by atoms with Crippen LogP contribution in [-0.2, 0) is 19.6 Å². The molecule has 0 aliphatic heterocycles. The van der Waals surface area contributed by atoms with Gasteiger partial charge in [0.15, 0.2) is 0 Å². The largest absolute Gasteiger partial charge is 0.481 e. The van der Waals surface area contributed by atoms with Gasteiger partial charge in [0.25, 0.3) is 0 Å². The lowest BCUT2D eigenvalue weighted by Gasteiger charge is -2.58. The van der Waals surface area contributed by atoms with Gasteiger partial charge in [0.2, 0.25) is 15.9 Å². The fourth-order valence-corrected chi connectivity index (χ4v) is 8.27. The van der Waals surface area contributed by atoms with Crippen molar-refractivity contribution in [1.82, 2.24) is 9.62 Å². The van der Waals surface area contributed by atoms with E-state index in [1.807, 2.05) is 0 Å². The summed E-state index contributed by atoms with van der Waals surface area (Å²) < 4.78 is 41.4. The lowest BCUT2D eigenvalue weighted by molar-refractivity contribution is -0.168. The molecule has 6 rings (SSSR count). The molecule has 0 heterocycles. The van der Waals surface area contributed by atoms with E-state index in [0.29, 0.717) is 37.2 Å². The highest BCUT2D eigenvalue weighted by Crippen LogP contribution is 2.60. The average Bonchev–Trinajstić information content (AvgIpc) is 3.53. The van der Waals surface area contributed by atoms with Crippen LogP contribution in [0.5, 0.6) is 0 Å². The number of hydrogen-bond donors (Lipinski definition) is 2. The van der Waals surface area contributed by atoms with Gasteiger partial charge in [0, 0.05) is 13.1 Å². The van der Waals surface area contributed by atoms with Gasteiger partial charge in [-0.1, -0.05) is 6.07 Å². The van der Waals surface area contributed by atoms with E-state index in [1.54, 1.807) is 6.92 Å². The first kappa shape index (κ1) is 21.8. The monoisotopic (exact) mass is 464 g/mol. The molecule has 2 unspecified atom stereocenters. The van der Waals surface area contributed by atoms with Gasteiger partial charge in [-0.25, -0.2) is 12.8 Å². The van der Waals surface area contributed by atoms with E-state index in [9.17, 15) is 27.5 Å². The number of carbonyl (C=O) groups is 2. The molecular weight excluding hydrogens is 435 g/mol. The number of nitrogens with zero attached hydrogens (tertiary/aromatic N) is 1. The van der Waals surface area contributed by atoms with Gasteiger partial charge >= 0.3 is 5.97 Å². The number of hydrogen-bond acceptors (Lipinski definition) is 4. The van der Waals surface area contributed by atoms with Gasteiger partial charge in [-0.05, 0) is 87.3 Å². The summed E-state index contributed by atoms with van der Waals surface area (Å²) >= 11 is 0. The first-order valence-electron chi connectivity index (χ1n) is 11.3. The maximum atomic E-state index is 14.0. The van der Waals surface area contributed by atoms with Crippen molar-refractivity contribution >= 4 is 21.9 Å². The van der Waals surface area contributed by atoms with Crippen LogP contribution < -0.4 is 5.32 Å². The van der Waals surface area contributed by atoms with Crippen molar-refractivity contribution in [3.05, 3.63) is 29.6 Å². The lowest BCUT2D eigenvalue weighted by Crippen LogP contribution is -2.63. The second-order valence-electron chi connectivity index (χ2n) is 10.5. The Morgan fingerprint density at radius 1 is 1.16 bits per heavy atom. The number of amides is 1. The number of likely N-dealkylation sites (N-methyl/N-ethyl adjacent to an activating group) is 1. The molecule has 32 heavy (non-hydrogen) atoms. The van der Waals surface area contributed by atoms with Crippen LogP contribution in [-0.4, -0.2) is 48.3 Å². The van der Waals surface area contributed by atoms with Crippen LogP contribution in [0.4, 0.5) is 4.39 Å². The second-order valence-corrected chi connectivity index (χ2v) is 12.4. The molecule has 1 aromatic rings. The molecule has 2 N–H and O–H groups in total. The maximum Gasteiger partial charge on any atom is 0.309 e. The molecule has 5 fully saturated rings. The summed E-state index contributed by atoms with van der Waals surface area (Å²) in [6, 6.07) is 3.67. The predicted molar refractivity (Wildman–Crippen MR) is 114 cm³/mol. The first-order valence-corrected chi connectivity index (χ1v) is 12.7. The highest BCUT2D eigenvalue weighted by molar-refractivity contribution is 7.89. The summed E-state index contributed by atoms with van der Waals surface area (Å²) in [6.07, 6.45) is 4.53. The molecule has 5 aliphatic carbocycles. The first-order chi connectivity index (χ1) is 15.0. The van der Waals surface area contributed by atoms with Gasteiger partial charge < -0.3 is 10.4 Å². The molecule has 174 valence electrons. The summed E-state index contributed by atoms with van der Waals surface area (Å²) in [6.45, 7) is 1.56. The number of rotatable bonds is 6. The van der Waals surface area contributed by atoms with Crippen LogP contribution in [0.1, 0.15) is 50.5 Å². The van der Waals surface area contributed by atoms with Crippen molar-refractivity contribution in [1.29, 1.82) is 0 Å². The molecule has 2 atom stereocenters. The normalized spacial score (nSPS) is 34.5. The number of halogens is 1. The minimum atomic E-state index is -4.05. The van der Waals surface area contributed by atoms with Gasteiger partial charge in [0.05, 0.1) is 10.3 Å². The van der Waals surface area contributed by atoms with Gasteiger partial charge in [-0.3, -0.25) is 9.59 Å². The van der Waals surface area contributed by atoms with Crippen molar-refractivity contribution in [3.63, 3.8) is 0 Å². The Kier molecular flexibility index (Phi) is 4.77. The van der Waals surface area contributed by atoms with Gasteiger partial charge in [-0.2, -0.15) is 4.31 Å². The lowest BCUT2D eigenvalue weighted by atomic mass is 9.48. The summed E-state index contributed by atoms with van der Waals surface area (Å²) in [5.74, 6) is -1.02. The smallest absolute Gasteiger partial charge is 0.309 e. The number of carbonyl (C=O) groups excluding carboxylic acids is 1. The molecule has 0 aromatic heterocycles. The Morgan fingerprint density at radius 3 is 2.31 bits per heavy atom. The third kappa shape index (κ3) is 3.11. The van der Waals surface area contributed by atoms with E-state index < -0.39 is 32.8 Å². The predicted octanol–water partition coefficient (Wildman–Crippen LogP) is 2.68. The van der Waals surface area contributed by atoms with E-state index in [4.69, 9.17) is 0 Å². The number of nitrogens with one attached hydrogen (secondary N) is 1.